The van der Waals surface area contributed by atoms with Gasteiger partial charge in [0, 0.05) is 12.6 Å². The van der Waals surface area contributed by atoms with Crippen LogP contribution in [0.25, 0.3) is 0 Å². The van der Waals surface area contributed by atoms with Gasteiger partial charge in [-0.25, -0.2) is 0 Å². The molecule has 0 aromatic rings. The molecular formula is C15H25NO4. The van der Waals surface area contributed by atoms with Crippen LogP contribution in [0.1, 0.15) is 46.0 Å². The molecule has 1 unspecified atom stereocenters. The van der Waals surface area contributed by atoms with Crippen LogP contribution >= 0.6 is 0 Å². The largest absolute Gasteiger partial charge is 0.481 e. The van der Waals surface area contributed by atoms with Crippen molar-refractivity contribution < 1.29 is 19.4 Å². The van der Waals surface area contributed by atoms with E-state index in [0.29, 0.717) is 25.4 Å². The number of hydrogen-bond donors (Lipinski definition) is 2. The Morgan fingerprint density at radius 1 is 1.15 bits per heavy atom. The molecule has 0 radical (unpaired) electrons. The lowest BCUT2D eigenvalue weighted by Gasteiger charge is -2.36. The topological polar surface area (TPSA) is 75.6 Å². The molecule has 1 amide bonds. The summed E-state index contributed by atoms with van der Waals surface area (Å²) < 4.78 is 5.46. The number of ether oxygens (including phenoxy) is 1. The van der Waals surface area contributed by atoms with Crippen LogP contribution < -0.4 is 5.32 Å². The van der Waals surface area contributed by atoms with Crippen molar-refractivity contribution >= 4 is 11.9 Å². The Morgan fingerprint density at radius 3 is 2.35 bits per heavy atom. The van der Waals surface area contributed by atoms with Crippen molar-refractivity contribution in [1.82, 2.24) is 5.32 Å². The SMILES string of the molecule is CCOC1CC(NC(=O)[C@H]2CC(CC)C[C@H]2C(=O)O)C1. The van der Waals surface area contributed by atoms with Crippen LogP contribution in [-0.2, 0) is 14.3 Å². The minimum atomic E-state index is -0.832. The van der Waals surface area contributed by atoms with Crippen LogP contribution in [0.4, 0.5) is 0 Å². The smallest absolute Gasteiger partial charge is 0.307 e. The van der Waals surface area contributed by atoms with Gasteiger partial charge < -0.3 is 15.2 Å². The molecule has 2 fully saturated rings. The van der Waals surface area contributed by atoms with Crippen LogP contribution in [0.3, 0.4) is 0 Å². The highest BCUT2D eigenvalue weighted by atomic mass is 16.5. The number of amides is 1. The van der Waals surface area contributed by atoms with Crippen LogP contribution in [0.2, 0.25) is 0 Å². The lowest BCUT2D eigenvalue weighted by atomic mass is 9.87. The summed E-state index contributed by atoms with van der Waals surface area (Å²) in [7, 11) is 0. The number of carboxylic acid groups (broad SMARTS) is 1. The first-order valence-corrected chi connectivity index (χ1v) is 7.69. The molecule has 114 valence electrons. The molecule has 5 heteroatoms. The molecule has 0 aromatic heterocycles. The third-order valence-electron chi connectivity index (χ3n) is 4.74. The summed E-state index contributed by atoms with van der Waals surface area (Å²) >= 11 is 0. The van der Waals surface area contributed by atoms with Gasteiger partial charge in [-0.1, -0.05) is 13.3 Å². The molecule has 0 heterocycles. The molecule has 2 aliphatic carbocycles. The van der Waals surface area contributed by atoms with E-state index >= 15 is 0 Å². The van der Waals surface area contributed by atoms with Gasteiger partial charge in [0.25, 0.3) is 0 Å². The van der Waals surface area contributed by atoms with Gasteiger partial charge in [0.05, 0.1) is 17.9 Å². The molecule has 0 spiro atoms. The summed E-state index contributed by atoms with van der Waals surface area (Å²) in [6.07, 6.45) is 4.25. The molecular weight excluding hydrogens is 258 g/mol. The maximum absolute atomic E-state index is 12.3. The second kappa shape index (κ2) is 6.57. The zero-order chi connectivity index (χ0) is 14.7. The molecule has 5 nitrogen and oxygen atoms in total. The van der Waals surface area contributed by atoms with Crippen molar-refractivity contribution in [3.8, 4) is 0 Å². The molecule has 2 N–H and O–H groups in total. The Hall–Kier alpha value is -1.10. The predicted octanol–water partition coefficient (Wildman–Crippen LogP) is 1.81. The normalized spacial score (nSPS) is 36.4. The van der Waals surface area contributed by atoms with Crippen LogP contribution in [0.5, 0.6) is 0 Å². The van der Waals surface area contributed by atoms with Crippen LogP contribution in [0, 0.1) is 17.8 Å². The summed E-state index contributed by atoms with van der Waals surface area (Å²) in [4.78, 5) is 23.6. The number of carbonyl (C=O) groups is 2. The Morgan fingerprint density at radius 2 is 1.80 bits per heavy atom. The van der Waals surface area contributed by atoms with Crippen molar-refractivity contribution in [2.45, 2.75) is 58.1 Å². The van der Waals surface area contributed by atoms with Crippen LogP contribution in [-0.4, -0.2) is 35.7 Å². The lowest BCUT2D eigenvalue weighted by molar-refractivity contribution is -0.146. The highest BCUT2D eigenvalue weighted by Gasteiger charge is 2.43. The van der Waals surface area contributed by atoms with E-state index in [1.165, 1.54) is 0 Å². The number of aliphatic carboxylic acids is 1. The minimum Gasteiger partial charge on any atom is -0.481 e. The molecule has 0 aromatic carbocycles. The van der Waals surface area contributed by atoms with E-state index in [4.69, 9.17) is 4.74 Å². The standard InChI is InChI=1S/C15H25NO4/c1-3-9-5-12(13(6-9)15(18)19)14(17)16-10-7-11(8-10)20-4-2/h9-13H,3-8H2,1-2H3,(H,16,17)(H,18,19)/t9?,10?,11?,12-,13+/m0/s1. The minimum absolute atomic E-state index is 0.0756. The fraction of sp³-hybridized carbons (Fsp3) is 0.867. The lowest BCUT2D eigenvalue weighted by Crippen LogP contribution is -2.50. The summed E-state index contributed by atoms with van der Waals surface area (Å²) in [5, 5.41) is 12.3. The molecule has 20 heavy (non-hydrogen) atoms. The number of carbonyl (C=O) groups excluding carboxylic acids is 1. The van der Waals surface area contributed by atoms with E-state index in [1.807, 2.05) is 6.92 Å². The summed E-state index contributed by atoms with van der Waals surface area (Å²) in [6.45, 7) is 4.72. The molecule has 2 aliphatic rings. The maximum atomic E-state index is 12.3. The van der Waals surface area contributed by atoms with Crippen LogP contribution in [0.15, 0.2) is 0 Å². The van der Waals surface area contributed by atoms with Gasteiger partial charge in [-0.15, -0.1) is 0 Å². The van der Waals surface area contributed by atoms with Gasteiger partial charge >= 0.3 is 5.97 Å². The molecule has 2 saturated carbocycles. The van der Waals surface area contributed by atoms with E-state index < -0.39 is 11.9 Å². The Balaban J connectivity index is 1.84. The van der Waals surface area contributed by atoms with Gasteiger partial charge in [0.2, 0.25) is 5.91 Å². The van der Waals surface area contributed by atoms with E-state index in [-0.39, 0.29) is 24.0 Å². The number of hydrogen-bond acceptors (Lipinski definition) is 3. The van der Waals surface area contributed by atoms with Gasteiger partial charge in [0.1, 0.15) is 0 Å². The fourth-order valence-corrected chi connectivity index (χ4v) is 3.40. The first kappa shape index (κ1) is 15.3. The molecule has 0 saturated heterocycles. The summed E-state index contributed by atoms with van der Waals surface area (Å²) in [6, 6.07) is 0.161. The molecule has 3 atom stereocenters. The Labute approximate surface area is 120 Å². The zero-order valence-electron chi connectivity index (χ0n) is 12.3. The first-order valence-electron chi connectivity index (χ1n) is 7.69. The molecule has 0 bridgehead atoms. The average Bonchev–Trinajstić information content (AvgIpc) is 2.80. The Bertz CT molecular complexity index is 365. The second-order valence-electron chi connectivity index (χ2n) is 6.05. The number of nitrogens with one attached hydrogen (secondary N) is 1. The second-order valence-corrected chi connectivity index (χ2v) is 6.05. The van der Waals surface area contributed by atoms with Gasteiger partial charge in [-0.05, 0) is 38.5 Å². The van der Waals surface area contributed by atoms with E-state index in [0.717, 1.165) is 19.3 Å². The third kappa shape index (κ3) is 3.32. The highest BCUT2D eigenvalue weighted by molar-refractivity contribution is 5.85. The molecule has 0 aliphatic heterocycles. The summed E-state index contributed by atoms with van der Waals surface area (Å²) in [5.74, 6) is -1.41. The third-order valence-corrected chi connectivity index (χ3v) is 4.74. The monoisotopic (exact) mass is 283 g/mol. The predicted molar refractivity (Wildman–Crippen MR) is 74.2 cm³/mol. The fourth-order valence-electron chi connectivity index (χ4n) is 3.40. The Kier molecular flexibility index (Phi) is 5.02. The zero-order valence-corrected chi connectivity index (χ0v) is 12.3. The molecule has 2 rings (SSSR count). The van der Waals surface area contributed by atoms with E-state index in [9.17, 15) is 14.7 Å². The van der Waals surface area contributed by atoms with Gasteiger partial charge in [-0.3, -0.25) is 9.59 Å². The van der Waals surface area contributed by atoms with Crippen molar-refractivity contribution in [3.05, 3.63) is 0 Å². The van der Waals surface area contributed by atoms with E-state index in [1.54, 1.807) is 0 Å². The number of rotatable bonds is 6. The van der Waals surface area contributed by atoms with Crippen molar-refractivity contribution in [1.29, 1.82) is 0 Å². The average molecular weight is 283 g/mol. The summed E-state index contributed by atoms with van der Waals surface area (Å²) in [5.41, 5.74) is 0. The van der Waals surface area contributed by atoms with Crippen molar-refractivity contribution in [2.75, 3.05) is 6.61 Å². The maximum Gasteiger partial charge on any atom is 0.307 e. The van der Waals surface area contributed by atoms with Gasteiger partial charge in [0.15, 0.2) is 0 Å². The van der Waals surface area contributed by atoms with E-state index in [2.05, 4.69) is 12.2 Å². The van der Waals surface area contributed by atoms with Gasteiger partial charge in [-0.2, -0.15) is 0 Å². The quantitative estimate of drug-likeness (QED) is 0.779. The highest BCUT2D eigenvalue weighted by Crippen LogP contribution is 2.39. The first-order chi connectivity index (χ1) is 9.55. The number of carboxylic acids is 1. The van der Waals surface area contributed by atoms with Crippen molar-refractivity contribution in [3.63, 3.8) is 0 Å². The van der Waals surface area contributed by atoms with Crippen molar-refractivity contribution in [2.24, 2.45) is 17.8 Å².